The van der Waals surface area contributed by atoms with Crippen molar-refractivity contribution >= 4 is 34.5 Å². The van der Waals surface area contributed by atoms with Crippen LogP contribution in [0.25, 0.3) is 22.4 Å². The number of alkyl halides is 3. The summed E-state index contributed by atoms with van der Waals surface area (Å²) in [6.45, 7) is 3.66. The molecule has 13 heteroatoms. The molecule has 5 rings (SSSR count). The minimum absolute atomic E-state index is 0.106. The summed E-state index contributed by atoms with van der Waals surface area (Å²) in [6.07, 6.45) is -1.38. The van der Waals surface area contributed by atoms with Gasteiger partial charge in [-0.3, -0.25) is 18.8 Å². The number of aromatic nitrogens is 6. The zero-order chi connectivity index (χ0) is 28.8. The van der Waals surface area contributed by atoms with Crippen LogP contribution in [-0.4, -0.2) is 35.2 Å². The maximum atomic E-state index is 13.4. The van der Waals surface area contributed by atoms with E-state index in [4.69, 9.17) is 0 Å². The summed E-state index contributed by atoms with van der Waals surface area (Å²) in [5, 5.41) is 9.87. The molecule has 3 heterocycles. The lowest BCUT2D eigenvalue weighted by molar-refractivity contribution is -0.137. The average molecular weight is 549 g/mol. The third-order valence-electron chi connectivity index (χ3n) is 6.36. The Bertz CT molecular complexity index is 1820. The predicted molar refractivity (Wildman–Crippen MR) is 143 cm³/mol. The van der Waals surface area contributed by atoms with Crippen molar-refractivity contribution in [2.45, 2.75) is 20.0 Å². The van der Waals surface area contributed by atoms with E-state index in [-0.39, 0.29) is 22.9 Å². The Labute approximate surface area is 225 Å². The molecule has 0 unspecified atom stereocenters. The zero-order valence-corrected chi connectivity index (χ0v) is 21.8. The first kappa shape index (κ1) is 26.5. The van der Waals surface area contributed by atoms with Crippen molar-refractivity contribution in [2.24, 2.45) is 14.1 Å². The molecule has 2 N–H and O–H groups in total. The molecule has 10 nitrogen and oxygen atoms in total. The van der Waals surface area contributed by atoms with E-state index >= 15 is 0 Å². The molecule has 3 aromatic heterocycles. The molecule has 40 heavy (non-hydrogen) atoms. The Morgan fingerprint density at radius 1 is 0.975 bits per heavy atom. The standard InChI is InChI=1S/C27H23F3N8O2/c1-14-8-9-18(33-24(39)16-6-5-7-17(10-16)27(28,29)30)11-19(14)21-25(40)37(3)23-20(34-21)13-31-26(36-23)35-22-15(2)12-32-38(22)4/h5-13H,1-4H3,(H,33,39)(H,31,35,36). The highest BCUT2D eigenvalue weighted by Gasteiger charge is 2.31. The van der Waals surface area contributed by atoms with Gasteiger partial charge in [0.25, 0.3) is 11.5 Å². The van der Waals surface area contributed by atoms with Crippen LogP contribution >= 0.6 is 0 Å². The monoisotopic (exact) mass is 548 g/mol. The Morgan fingerprint density at radius 3 is 2.45 bits per heavy atom. The fourth-order valence-corrected chi connectivity index (χ4v) is 4.18. The molecule has 0 atom stereocenters. The lowest BCUT2D eigenvalue weighted by Gasteiger charge is -2.13. The largest absolute Gasteiger partial charge is 0.416 e. The normalized spacial score (nSPS) is 11.6. The molecule has 5 aromatic rings. The Morgan fingerprint density at radius 2 is 1.75 bits per heavy atom. The van der Waals surface area contributed by atoms with Gasteiger partial charge in [-0.05, 0) is 49.7 Å². The highest BCUT2D eigenvalue weighted by Crippen LogP contribution is 2.30. The van der Waals surface area contributed by atoms with Gasteiger partial charge in [0.2, 0.25) is 5.95 Å². The van der Waals surface area contributed by atoms with Gasteiger partial charge in [-0.25, -0.2) is 9.97 Å². The number of hydrogen-bond donors (Lipinski definition) is 2. The highest BCUT2D eigenvalue weighted by molar-refractivity contribution is 6.04. The first-order valence-corrected chi connectivity index (χ1v) is 12.0. The second-order valence-corrected chi connectivity index (χ2v) is 9.21. The summed E-state index contributed by atoms with van der Waals surface area (Å²) in [4.78, 5) is 39.4. The molecular weight excluding hydrogens is 525 g/mol. The topological polar surface area (TPSA) is 120 Å². The smallest absolute Gasteiger partial charge is 0.322 e. The minimum atomic E-state index is -4.58. The Balaban J connectivity index is 1.48. The van der Waals surface area contributed by atoms with Crippen molar-refractivity contribution in [2.75, 3.05) is 10.6 Å². The third-order valence-corrected chi connectivity index (χ3v) is 6.36. The fraction of sp³-hybridized carbons (Fsp3) is 0.185. The number of amides is 1. The number of anilines is 3. The van der Waals surface area contributed by atoms with Gasteiger partial charge >= 0.3 is 6.18 Å². The second-order valence-electron chi connectivity index (χ2n) is 9.21. The van der Waals surface area contributed by atoms with Crippen molar-refractivity contribution in [3.8, 4) is 11.3 Å². The van der Waals surface area contributed by atoms with Gasteiger partial charge in [0.15, 0.2) is 5.65 Å². The number of nitrogens with zero attached hydrogens (tertiary/aromatic N) is 6. The van der Waals surface area contributed by atoms with Gasteiger partial charge in [0.05, 0.1) is 18.0 Å². The minimum Gasteiger partial charge on any atom is -0.322 e. The number of nitrogens with one attached hydrogen (secondary N) is 2. The molecular formula is C27H23F3N8O2. The maximum absolute atomic E-state index is 13.4. The Hall–Kier alpha value is -5.07. The molecule has 0 aliphatic carbocycles. The van der Waals surface area contributed by atoms with Crippen LogP contribution in [0.4, 0.5) is 30.6 Å². The first-order valence-electron chi connectivity index (χ1n) is 12.0. The number of aryl methyl sites for hydroxylation is 4. The number of halogens is 3. The number of hydrogen-bond acceptors (Lipinski definition) is 7. The van der Waals surface area contributed by atoms with Gasteiger partial charge in [0, 0.05) is 36.5 Å². The van der Waals surface area contributed by atoms with Crippen LogP contribution in [-0.2, 0) is 20.3 Å². The number of rotatable bonds is 5. The van der Waals surface area contributed by atoms with E-state index in [2.05, 4.69) is 30.7 Å². The van der Waals surface area contributed by atoms with E-state index in [1.165, 1.54) is 22.9 Å². The molecule has 0 aliphatic heterocycles. The lowest BCUT2D eigenvalue weighted by Crippen LogP contribution is -2.22. The van der Waals surface area contributed by atoms with Crippen molar-refractivity contribution in [3.63, 3.8) is 0 Å². The summed E-state index contributed by atoms with van der Waals surface area (Å²) >= 11 is 0. The van der Waals surface area contributed by atoms with E-state index in [9.17, 15) is 22.8 Å². The van der Waals surface area contributed by atoms with Gasteiger partial charge in [0.1, 0.15) is 17.0 Å². The molecule has 0 aliphatic rings. The van der Waals surface area contributed by atoms with Crippen molar-refractivity contribution < 1.29 is 18.0 Å². The van der Waals surface area contributed by atoms with Crippen molar-refractivity contribution in [1.29, 1.82) is 0 Å². The quantitative estimate of drug-likeness (QED) is 0.325. The molecule has 0 saturated heterocycles. The average Bonchev–Trinajstić information content (AvgIpc) is 3.24. The molecule has 1 amide bonds. The molecule has 204 valence electrons. The summed E-state index contributed by atoms with van der Waals surface area (Å²) in [6, 6.07) is 8.97. The lowest BCUT2D eigenvalue weighted by atomic mass is 10.0. The summed E-state index contributed by atoms with van der Waals surface area (Å²) in [5.74, 6) is 0.241. The van der Waals surface area contributed by atoms with Gasteiger partial charge < -0.3 is 10.6 Å². The van der Waals surface area contributed by atoms with Crippen LogP contribution in [0.2, 0.25) is 0 Å². The zero-order valence-electron chi connectivity index (χ0n) is 21.8. The van der Waals surface area contributed by atoms with Crippen LogP contribution in [0.3, 0.4) is 0 Å². The van der Waals surface area contributed by atoms with E-state index in [1.807, 2.05) is 6.92 Å². The van der Waals surface area contributed by atoms with Crippen molar-refractivity contribution in [1.82, 2.24) is 29.3 Å². The number of carbonyl (C=O) groups excluding carboxylic acids is 1. The third kappa shape index (κ3) is 5.00. The summed E-state index contributed by atoms with van der Waals surface area (Å²) in [7, 11) is 3.34. The highest BCUT2D eigenvalue weighted by atomic mass is 19.4. The molecule has 0 bridgehead atoms. The van der Waals surface area contributed by atoms with Crippen LogP contribution in [0.5, 0.6) is 0 Å². The van der Waals surface area contributed by atoms with E-state index in [1.54, 1.807) is 50.1 Å². The fourth-order valence-electron chi connectivity index (χ4n) is 4.18. The molecule has 2 aromatic carbocycles. The molecule has 0 saturated carbocycles. The summed E-state index contributed by atoms with van der Waals surface area (Å²) in [5.41, 5.74) is 1.58. The van der Waals surface area contributed by atoms with Crippen LogP contribution in [0.1, 0.15) is 27.0 Å². The number of benzene rings is 2. The van der Waals surface area contributed by atoms with Crippen molar-refractivity contribution in [3.05, 3.63) is 87.5 Å². The van der Waals surface area contributed by atoms with Crippen LogP contribution in [0.15, 0.2) is 59.7 Å². The van der Waals surface area contributed by atoms with E-state index < -0.39 is 23.2 Å². The Kier molecular flexibility index (Phi) is 6.57. The number of carbonyl (C=O) groups is 1. The van der Waals surface area contributed by atoms with Gasteiger partial charge in [-0.1, -0.05) is 12.1 Å². The number of fused-ring (bicyclic) bond motifs is 1. The van der Waals surface area contributed by atoms with Gasteiger partial charge in [-0.2, -0.15) is 23.3 Å². The molecule has 0 radical (unpaired) electrons. The van der Waals surface area contributed by atoms with E-state index in [0.717, 1.165) is 17.7 Å². The van der Waals surface area contributed by atoms with Crippen LogP contribution < -0.4 is 16.2 Å². The van der Waals surface area contributed by atoms with Crippen LogP contribution in [0, 0.1) is 13.8 Å². The SMILES string of the molecule is Cc1ccc(NC(=O)c2cccc(C(F)(F)F)c2)cc1-c1nc2cnc(Nc3c(C)cnn3C)nc2n(C)c1=O. The predicted octanol–water partition coefficient (Wildman–Crippen LogP) is 4.76. The van der Waals surface area contributed by atoms with Gasteiger partial charge in [-0.15, -0.1) is 0 Å². The first-order chi connectivity index (χ1) is 18.9. The summed E-state index contributed by atoms with van der Waals surface area (Å²) < 4.78 is 42.2. The van der Waals surface area contributed by atoms with E-state index in [0.29, 0.717) is 28.1 Å². The maximum Gasteiger partial charge on any atom is 0.416 e. The molecule has 0 spiro atoms. The second kappa shape index (κ2) is 9.91. The molecule has 0 fully saturated rings.